The molecule has 0 fully saturated rings. The van der Waals surface area contributed by atoms with E-state index in [9.17, 15) is 4.79 Å². The molecule has 6 heteroatoms. The summed E-state index contributed by atoms with van der Waals surface area (Å²) in [6.07, 6.45) is 0. The monoisotopic (exact) mass is 272 g/mol. The number of amides is 2. The van der Waals surface area contributed by atoms with Gasteiger partial charge in [-0.2, -0.15) is 0 Å². The molecule has 11 heavy (non-hydrogen) atoms. The van der Waals surface area contributed by atoms with Crippen LogP contribution in [0.1, 0.15) is 20.8 Å². The lowest BCUT2D eigenvalue weighted by Gasteiger charge is -2.07. The van der Waals surface area contributed by atoms with E-state index in [1.165, 1.54) is 0 Å². The van der Waals surface area contributed by atoms with E-state index < -0.39 is 6.03 Å². The zero-order valence-electron chi connectivity index (χ0n) is 6.81. The van der Waals surface area contributed by atoms with Crippen molar-refractivity contribution in [2.75, 3.05) is 0 Å². The van der Waals surface area contributed by atoms with Gasteiger partial charge in [0.25, 0.3) is 0 Å². The van der Waals surface area contributed by atoms with Crippen LogP contribution < -0.4 is 16.7 Å². The quantitative estimate of drug-likeness (QED) is 0.219. The summed E-state index contributed by atoms with van der Waals surface area (Å²) >= 11 is -0.361. The van der Waals surface area contributed by atoms with Gasteiger partial charge in [-0.3, -0.25) is 5.43 Å². The molecule has 0 saturated heterocycles. The van der Waals surface area contributed by atoms with Crippen molar-refractivity contribution in [2.45, 2.75) is 24.2 Å². The summed E-state index contributed by atoms with van der Waals surface area (Å²) < 4.78 is 4.08. The summed E-state index contributed by atoms with van der Waals surface area (Å²) in [6, 6.07) is -0.464. The average molecular weight is 272 g/mol. The number of halogens is 1. The minimum Gasteiger partial charge on any atom is -0.274 e. The van der Waals surface area contributed by atoms with Crippen molar-refractivity contribution in [1.29, 1.82) is 0 Å². The number of hydrazine groups is 1. The van der Waals surface area contributed by atoms with Crippen LogP contribution in [0.25, 0.3) is 0 Å². The molecule has 0 aromatic carbocycles. The SMILES string of the molecule is CC(C)(C)I=NNC(=O)NN. The number of alkyl halides is 1. The van der Waals surface area contributed by atoms with E-state index in [1.54, 1.807) is 0 Å². The molecule has 0 unspecified atom stereocenters. The first kappa shape index (κ1) is 10.8. The Kier molecular flexibility index (Phi) is 4.50. The Bertz CT molecular complexity index is 162. The first-order valence-corrected chi connectivity index (χ1v) is 5.12. The number of hydrogen-bond donors (Lipinski definition) is 3. The number of urea groups is 1. The van der Waals surface area contributed by atoms with E-state index in [-0.39, 0.29) is 24.5 Å². The Balaban J connectivity index is 3.70. The highest BCUT2D eigenvalue weighted by Gasteiger charge is 2.06. The zero-order chi connectivity index (χ0) is 8.91. The lowest BCUT2D eigenvalue weighted by Crippen LogP contribution is -2.36. The number of rotatable bonds is 1. The molecule has 66 valence electrons. The molecule has 0 aromatic heterocycles. The molecule has 0 spiro atoms. The fraction of sp³-hybridized carbons (Fsp3) is 0.800. The van der Waals surface area contributed by atoms with Gasteiger partial charge < -0.3 is 0 Å². The zero-order valence-corrected chi connectivity index (χ0v) is 8.97. The Morgan fingerprint density at radius 2 is 2.09 bits per heavy atom. The van der Waals surface area contributed by atoms with E-state index in [4.69, 9.17) is 5.84 Å². The summed E-state index contributed by atoms with van der Waals surface area (Å²) in [5.41, 5.74) is 4.21. The van der Waals surface area contributed by atoms with E-state index in [2.05, 4.69) is 29.5 Å². The van der Waals surface area contributed by atoms with Crippen LogP contribution in [0.5, 0.6) is 0 Å². The maximum Gasteiger partial charge on any atom is 0.349 e. The van der Waals surface area contributed by atoms with E-state index in [0.717, 1.165) is 0 Å². The second-order valence-corrected chi connectivity index (χ2v) is 7.02. The fourth-order valence-electron chi connectivity index (χ4n) is 0.219. The summed E-state index contributed by atoms with van der Waals surface area (Å²) in [4.78, 5) is 10.5. The van der Waals surface area contributed by atoms with Crippen LogP contribution in [-0.2, 0) is 0 Å². The van der Waals surface area contributed by atoms with E-state index >= 15 is 0 Å². The van der Waals surface area contributed by atoms with Crippen molar-refractivity contribution in [3.63, 3.8) is 0 Å². The Hall–Kier alpha value is -0.240. The van der Waals surface area contributed by atoms with Crippen LogP contribution in [0, 0.1) is 0 Å². The van der Waals surface area contributed by atoms with Crippen LogP contribution in [0.2, 0.25) is 0 Å². The fourth-order valence-corrected chi connectivity index (χ4v) is 1.28. The number of nitrogens with zero attached hydrogens (tertiary/aromatic N) is 1. The lowest BCUT2D eigenvalue weighted by atomic mass is 10.3. The van der Waals surface area contributed by atoms with Crippen LogP contribution in [0.15, 0.2) is 3.25 Å². The van der Waals surface area contributed by atoms with Gasteiger partial charge in [-0.15, -0.1) is 3.25 Å². The molecule has 2 amide bonds. The normalized spacial score (nSPS) is 12.4. The number of carbonyl (C=O) groups is 1. The molecule has 5 nitrogen and oxygen atoms in total. The third-order valence-electron chi connectivity index (χ3n) is 0.571. The Labute approximate surface area is 76.2 Å². The molecule has 0 aliphatic carbocycles. The molecule has 0 aliphatic rings. The van der Waals surface area contributed by atoms with Crippen LogP contribution in [-0.4, -0.2) is 9.45 Å². The summed E-state index contributed by atoms with van der Waals surface area (Å²) in [6.45, 7) is 6.23. The third kappa shape index (κ3) is 7.66. The van der Waals surface area contributed by atoms with E-state index in [1.807, 2.05) is 5.43 Å². The smallest absolute Gasteiger partial charge is 0.274 e. The van der Waals surface area contributed by atoms with Crippen molar-refractivity contribution in [3.05, 3.63) is 0 Å². The summed E-state index contributed by atoms with van der Waals surface area (Å²) in [5.74, 6) is 4.81. The second kappa shape index (κ2) is 4.60. The summed E-state index contributed by atoms with van der Waals surface area (Å²) in [7, 11) is 0. The Morgan fingerprint density at radius 3 is 2.45 bits per heavy atom. The lowest BCUT2D eigenvalue weighted by molar-refractivity contribution is 0.242. The molecule has 0 heterocycles. The topological polar surface area (TPSA) is 79.5 Å². The molecular formula is C5H13IN4O. The molecule has 0 rings (SSSR count). The number of hydrogen-bond acceptors (Lipinski definition) is 3. The molecular weight excluding hydrogens is 259 g/mol. The largest absolute Gasteiger partial charge is 0.349 e. The third-order valence-corrected chi connectivity index (χ3v) is 2.50. The molecule has 0 radical (unpaired) electrons. The van der Waals surface area contributed by atoms with Crippen molar-refractivity contribution in [1.82, 2.24) is 10.9 Å². The van der Waals surface area contributed by atoms with Crippen LogP contribution >= 0.6 is 21.0 Å². The number of carbonyl (C=O) groups excluding carboxylic acids is 1. The summed E-state index contributed by atoms with van der Waals surface area (Å²) in [5, 5.41) is 0. The Morgan fingerprint density at radius 1 is 1.55 bits per heavy atom. The van der Waals surface area contributed by atoms with Gasteiger partial charge >= 0.3 is 6.03 Å². The van der Waals surface area contributed by atoms with Gasteiger partial charge in [0.1, 0.15) is 0 Å². The highest BCUT2D eigenvalue weighted by molar-refractivity contribution is 14.2. The van der Waals surface area contributed by atoms with E-state index in [0.29, 0.717) is 0 Å². The predicted molar refractivity (Wildman–Crippen MR) is 52.1 cm³/mol. The van der Waals surface area contributed by atoms with Crippen LogP contribution in [0.4, 0.5) is 4.79 Å². The molecule has 0 bridgehead atoms. The maximum absolute atomic E-state index is 10.5. The van der Waals surface area contributed by atoms with Crippen molar-refractivity contribution in [2.24, 2.45) is 9.10 Å². The van der Waals surface area contributed by atoms with Crippen molar-refractivity contribution >= 4 is 27.1 Å². The van der Waals surface area contributed by atoms with Crippen molar-refractivity contribution < 1.29 is 4.79 Å². The first-order chi connectivity index (χ1) is 4.95. The van der Waals surface area contributed by atoms with Gasteiger partial charge in [0, 0.05) is 24.5 Å². The molecule has 0 saturated carbocycles. The molecule has 4 N–H and O–H groups in total. The maximum atomic E-state index is 10.5. The first-order valence-electron chi connectivity index (χ1n) is 3.07. The molecule has 0 aromatic rings. The second-order valence-electron chi connectivity index (χ2n) is 2.82. The van der Waals surface area contributed by atoms with Crippen molar-refractivity contribution in [3.8, 4) is 0 Å². The van der Waals surface area contributed by atoms with Crippen LogP contribution in [0.3, 0.4) is 0 Å². The van der Waals surface area contributed by atoms with Gasteiger partial charge in [0.15, 0.2) is 0 Å². The molecule has 0 aliphatic heterocycles. The minimum atomic E-state index is -0.464. The standard InChI is InChI=1S/C5H13IN4O/c1-5(2,3)6-10-9-4(11)8-7/h7H2,1-3H3,(H2,8,9,11). The van der Waals surface area contributed by atoms with Gasteiger partial charge in [0.2, 0.25) is 0 Å². The predicted octanol–water partition coefficient (Wildman–Crippen LogP) is 1.03. The number of nitrogens with one attached hydrogen (secondary N) is 2. The van der Waals surface area contributed by atoms with Gasteiger partial charge in [-0.25, -0.2) is 16.1 Å². The highest BCUT2D eigenvalue weighted by atomic mass is 127. The number of nitrogens with two attached hydrogens (primary N) is 1. The van der Waals surface area contributed by atoms with Gasteiger partial charge in [-0.1, -0.05) is 20.8 Å². The van der Waals surface area contributed by atoms with Gasteiger partial charge in [-0.05, 0) is 0 Å². The average Bonchev–Trinajstić information content (AvgIpc) is 1.85. The minimum absolute atomic E-state index is 0.195. The highest BCUT2D eigenvalue weighted by Crippen LogP contribution is 2.22. The van der Waals surface area contributed by atoms with Gasteiger partial charge in [0.05, 0.1) is 0 Å². The molecule has 0 atom stereocenters.